The highest BCUT2D eigenvalue weighted by Gasteiger charge is 2.07. The Bertz CT molecular complexity index is 679. The molecule has 0 aliphatic carbocycles. The summed E-state index contributed by atoms with van der Waals surface area (Å²) in [6, 6.07) is 9.36. The molecule has 0 fully saturated rings. The number of nitrogens with one attached hydrogen (secondary N) is 2. The van der Waals surface area contributed by atoms with Crippen molar-refractivity contribution in [2.45, 2.75) is 6.92 Å². The van der Waals surface area contributed by atoms with E-state index in [0.717, 1.165) is 15.7 Å². The van der Waals surface area contributed by atoms with Gasteiger partial charge in [-0.15, -0.1) is 0 Å². The molecule has 2 rings (SSSR count). The number of amides is 1. The number of hydrogen-bond donors (Lipinski definition) is 2. The van der Waals surface area contributed by atoms with Crippen molar-refractivity contribution in [3.63, 3.8) is 0 Å². The maximum absolute atomic E-state index is 13.0. The van der Waals surface area contributed by atoms with E-state index in [1.54, 1.807) is 12.1 Å². The Labute approximate surface area is 135 Å². The largest absolute Gasteiger partial charge is 0.375 e. The molecule has 0 atom stereocenters. The van der Waals surface area contributed by atoms with Gasteiger partial charge in [-0.25, -0.2) is 4.39 Å². The molecule has 0 saturated carbocycles. The number of aryl methyl sites for hydroxylation is 1. The smallest absolute Gasteiger partial charge is 0.243 e. The molecular formula is C15H13BrClFN2O. The molecule has 0 aromatic heterocycles. The highest BCUT2D eigenvalue weighted by molar-refractivity contribution is 9.10. The van der Waals surface area contributed by atoms with Crippen molar-refractivity contribution in [2.75, 3.05) is 17.2 Å². The Morgan fingerprint density at radius 1 is 1.33 bits per heavy atom. The zero-order valence-electron chi connectivity index (χ0n) is 11.2. The molecule has 0 aliphatic rings. The molecule has 0 aliphatic heterocycles. The lowest BCUT2D eigenvalue weighted by molar-refractivity contribution is -0.114. The van der Waals surface area contributed by atoms with E-state index in [0.29, 0.717) is 10.7 Å². The highest BCUT2D eigenvalue weighted by atomic mass is 79.9. The second kappa shape index (κ2) is 6.91. The van der Waals surface area contributed by atoms with Gasteiger partial charge in [0.25, 0.3) is 0 Å². The standard InChI is InChI=1S/C15H13BrClFN2O/c1-9-5-12(16)14(7-13(9)17)19-8-15(21)20-11-4-2-3-10(18)6-11/h2-7,19H,8H2,1H3,(H,20,21). The van der Waals surface area contributed by atoms with Crippen LogP contribution in [0, 0.1) is 12.7 Å². The number of hydrogen-bond acceptors (Lipinski definition) is 2. The van der Waals surface area contributed by atoms with Crippen LogP contribution in [0.4, 0.5) is 15.8 Å². The second-order valence-electron chi connectivity index (χ2n) is 4.49. The Balaban J connectivity index is 1.97. The van der Waals surface area contributed by atoms with E-state index < -0.39 is 5.82 Å². The minimum absolute atomic E-state index is 0.0501. The fraction of sp³-hybridized carbons (Fsp3) is 0.133. The van der Waals surface area contributed by atoms with Crippen molar-refractivity contribution in [1.82, 2.24) is 0 Å². The fourth-order valence-corrected chi connectivity index (χ4v) is 2.49. The first-order valence-electron chi connectivity index (χ1n) is 6.20. The third-order valence-corrected chi connectivity index (χ3v) is 3.86. The van der Waals surface area contributed by atoms with Crippen molar-refractivity contribution >= 4 is 44.8 Å². The third-order valence-electron chi connectivity index (χ3n) is 2.80. The molecule has 0 heterocycles. The molecule has 0 bridgehead atoms. The minimum Gasteiger partial charge on any atom is -0.375 e. The van der Waals surface area contributed by atoms with Crippen LogP contribution in [0.25, 0.3) is 0 Å². The second-order valence-corrected chi connectivity index (χ2v) is 5.75. The van der Waals surface area contributed by atoms with Gasteiger partial charge in [0.05, 0.1) is 12.2 Å². The lowest BCUT2D eigenvalue weighted by Gasteiger charge is -2.11. The average molecular weight is 372 g/mol. The fourth-order valence-electron chi connectivity index (χ4n) is 1.73. The van der Waals surface area contributed by atoms with Crippen LogP contribution in [0.15, 0.2) is 40.9 Å². The topological polar surface area (TPSA) is 41.1 Å². The van der Waals surface area contributed by atoms with Gasteiger partial charge in [-0.3, -0.25) is 4.79 Å². The lowest BCUT2D eigenvalue weighted by atomic mass is 10.2. The summed E-state index contributed by atoms with van der Waals surface area (Å²) in [5.41, 5.74) is 2.08. The van der Waals surface area contributed by atoms with E-state index in [-0.39, 0.29) is 12.5 Å². The average Bonchev–Trinajstić information content (AvgIpc) is 2.41. The predicted molar refractivity (Wildman–Crippen MR) is 87.4 cm³/mol. The summed E-state index contributed by atoms with van der Waals surface area (Å²) in [4.78, 5) is 11.8. The lowest BCUT2D eigenvalue weighted by Crippen LogP contribution is -2.22. The van der Waals surface area contributed by atoms with Gasteiger partial charge in [-0.1, -0.05) is 17.7 Å². The van der Waals surface area contributed by atoms with Crippen LogP contribution in [-0.2, 0) is 4.79 Å². The molecule has 3 nitrogen and oxygen atoms in total. The monoisotopic (exact) mass is 370 g/mol. The van der Waals surface area contributed by atoms with Crippen molar-refractivity contribution in [2.24, 2.45) is 0 Å². The quantitative estimate of drug-likeness (QED) is 0.824. The molecule has 110 valence electrons. The molecule has 0 saturated heterocycles. The van der Waals surface area contributed by atoms with Crippen LogP contribution in [-0.4, -0.2) is 12.5 Å². The van der Waals surface area contributed by atoms with Crippen LogP contribution >= 0.6 is 27.5 Å². The van der Waals surface area contributed by atoms with Gasteiger partial charge >= 0.3 is 0 Å². The summed E-state index contributed by atoms with van der Waals surface area (Å²) < 4.78 is 13.8. The predicted octanol–water partition coefficient (Wildman–Crippen LogP) is 4.60. The van der Waals surface area contributed by atoms with Crippen LogP contribution in [0.3, 0.4) is 0 Å². The number of halogens is 3. The summed E-state index contributed by atoms with van der Waals surface area (Å²) in [5.74, 6) is -0.669. The summed E-state index contributed by atoms with van der Waals surface area (Å²) in [6.07, 6.45) is 0. The van der Waals surface area contributed by atoms with E-state index in [9.17, 15) is 9.18 Å². The Kier molecular flexibility index (Phi) is 5.20. The van der Waals surface area contributed by atoms with Crippen molar-refractivity contribution in [3.8, 4) is 0 Å². The van der Waals surface area contributed by atoms with E-state index in [4.69, 9.17) is 11.6 Å². The van der Waals surface area contributed by atoms with Crippen molar-refractivity contribution in [3.05, 3.63) is 57.3 Å². The molecule has 2 aromatic rings. The molecule has 1 amide bonds. The molecule has 0 unspecified atom stereocenters. The van der Waals surface area contributed by atoms with Crippen LogP contribution in [0.1, 0.15) is 5.56 Å². The van der Waals surface area contributed by atoms with Gasteiger partial charge in [0, 0.05) is 15.2 Å². The number of carbonyl (C=O) groups excluding carboxylic acids is 1. The van der Waals surface area contributed by atoms with Crippen molar-refractivity contribution in [1.29, 1.82) is 0 Å². The first-order chi connectivity index (χ1) is 9.95. The normalized spacial score (nSPS) is 10.3. The van der Waals surface area contributed by atoms with E-state index in [1.165, 1.54) is 18.2 Å². The third kappa shape index (κ3) is 4.44. The minimum atomic E-state index is -0.395. The Hall–Kier alpha value is -1.59. The summed E-state index contributed by atoms with van der Waals surface area (Å²) in [6.45, 7) is 1.95. The first kappa shape index (κ1) is 15.8. The number of rotatable bonds is 4. The molecule has 21 heavy (non-hydrogen) atoms. The first-order valence-corrected chi connectivity index (χ1v) is 7.38. The Morgan fingerprint density at radius 2 is 2.10 bits per heavy atom. The maximum atomic E-state index is 13.0. The summed E-state index contributed by atoms with van der Waals surface area (Å²) in [5, 5.41) is 6.20. The van der Waals surface area contributed by atoms with E-state index in [1.807, 2.05) is 13.0 Å². The molecule has 2 aromatic carbocycles. The summed E-state index contributed by atoms with van der Waals surface area (Å²) in [7, 11) is 0. The van der Waals surface area contributed by atoms with Gasteiger partial charge in [0.15, 0.2) is 0 Å². The van der Waals surface area contributed by atoms with Crippen LogP contribution in [0.2, 0.25) is 5.02 Å². The number of anilines is 2. The molecule has 6 heteroatoms. The molecule has 2 N–H and O–H groups in total. The van der Waals surface area contributed by atoms with Gasteiger partial charge in [0.1, 0.15) is 5.82 Å². The molecule has 0 radical (unpaired) electrons. The number of benzene rings is 2. The van der Waals surface area contributed by atoms with E-state index >= 15 is 0 Å². The Morgan fingerprint density at radius 3 is 2.81 bits per heavy atom. The van der Waals surface area contributed by atoms with Crippen LogP contribution < -0.4 is 10.6 Å². The van der Waals surface area contributed by atoms with Gasteiger partial charge in [0.2, 0.25) is 5.91 Å². The van der Waals surface area contributed by atoms with Crippen LogP contribution in [0.5, 0.6) is 0 Å². The van der Waals surface area contributed by atoms with Gasteiger partial charge < -0.3 is 10.6 Å². The molecule has 0 spiro atoms. The number of carbonyl (C=O) groups is 1. The SMILES string of the molecule is Cc1cc(Br)c(NCC(=O)Nc2cccc(F)c2)cc1Cl. The zero-order chi connectivity index (χ0) is 15.4. The van der Waals surface area contributed by atoms with Crippen molar-refractivity contribution < 1.29 is 9.18 Å². The van der Waals surface area contributed by atoms with E-state index in [2.05, 4.69) is 26.6 Å². The van der Waals surface area contributed by atoms with Gasteiger partial charge in [-0.2, -0.15) is 0 Å². The zero-order valence-corrected chi connectivity index (χ0v) is 13.6. The maximum Gasteiger partial charge on any atom is 0.243 e. The van der Waals surface area contributed by atoms with Gasteiger partial charge in [-0.05, 0) is 58.7 Å². The highest BCUT2D eigenvalue weighted by Crippen LogP contribution is 2.28. The summed E-state index contributed by atoms with van der Waals surface area (Å²) >= 11 is 9.45. The molecular weight excluding hydrogens is 359 g/mol.